The van der Waals surface area contributed by atoms with Crippen molar-refractivity contribution in [3.63, 3.8) is 0 Å². The second-order valence-electron chi connectivity index (χ2n) is 5.82. The van der Waals surface area contributed by atoms with Crippen molar-refractivity contribution in [2.75, 3.05) is 19.7 Å². The molecular weight excluding hydrogens is 312 g/mol. The maximum Gasteiger partial charge on any atom is 0.254 e. The van der Waals surface area contributed by atoms with Crippen LogP contribution < -0.4 is 4.74 Å². The molecule has 24 heavy (non-hydrogen) atoms. The maximum atomic E-state index is 12.7. The van der Waals surface area contributed by atoms with E-state index in [1.807, 2.05) is 13.8 Å². The first kappa shape index (κ1) is 16.4. The van der Waals surface area contributed by atoms with Gasteiger partial charge in [-0.25, -0.2) is 4.98 Å². The van der Waals surface area contributed by atoms with Crippen LogP contribution in [0.25, 0.3) is 0 Å². The first-order valence-corrected chi connectivity index (χ1v) is 7.86. The van der Waals surface area contributed by atoms with Crippen LogP contribution >= 0.6 is 0 Å². The average Bonchev–Trinajstić information content (AvgIpc) is 3.00. The summed E-state index contributed by atoms with van der Waals surface area (Å²) in [6, 6.07) is 3.33. The molecule has 0 saturated carbocycles. The Morgan fingerprint density at radius 1 is 1.42 bits per heavy atom. The summed E-state index contributed by atoms with van der Waals surface area (Å²) < 4.78 is 16.6. The van der Waals surface area contributed by atoms with E-state index in [1.54, 1.807) is 30.2 Å². The minimum atomic E-state index is -0.405. The lowest BCUT2D eigenvalue weighted by molar-refractivity contribution is -0.0349. The van der Waals surface area contributed by atoms with E-state index in [4.69, 9.17) is 13.9 Å². The van der Waals surface area contributed by atoms with Gasteiger partial charge in [-0.1, -0.05) is 0 Å². The van der Waals surface area contributed by atoms with Gasteiger partial charge in [0.2, 0.25) is 17.7 Å². The molecule has 0 radical (unpaired) electrons. The third kappa shape index (κ3) is 3.70. The summed E-state index contributed by atoms with van der Waals surface area (Å²) in [6.07, 6.45) is 1.16. The van der Waals surface area contributed by atoms with E-state index in [-0.39, 0.29) is 12.0 Å². The van der Waals surface area contributed by atoms with Crippen molar-refractivity contribution in [3.8, 4) is 5.88 Å². The van der Waals surface area contributed by atoms with E-state index < -0.39 is 6.10 Å². The summed E-state index contributed by atoms with van der Waals surface area (Å²) in [6.45, 7) is 6.83. The molecule has 1 saturated heterocycles. The molecule has 0 aliphatic carbocycles. The fourth-order valence-corrected chi connectivity index (χ4v) is 2.46. The van der Waals surface area contributed by atoms with Crippen molar-refractivity contribution in [1.82, 2.24) is 20.1 Å². The van der Waals surface area contributed by atoms with E-state index in [0.29, 0.717) is 42.9 Å². The molecule has 2 aromatic rings. The number of rotatable bonds is 4. The molecule has 128 valence electrons. The largest absolute Gasteiger partial charge is 0.475 e. The first-order valence-electron chi connectivity index (χ1n) is 7.86. The Bertz CT molecular complexity index is 716. The number of amides is 1. The van der Waals surface area contributed by atoms with Gasteiger partial charge in [-0.3, -0.25) is 4.79 Å². The van der Waals surface area contributed by atoms with Crippen LogP contribution in [0.1, 0.15) is 42.1 Å². The predicted molar refractivity (Wildman–Crippen MR) is 83.6 cm³/mol. The van der Waals surface area contributed by atoms with Crippen molar-refractivity contribution in [3.05, 3.63) is 35.7 Å². The zero-order valence-corrected chi connectivity index (χ0v) is 13.9. The van der Waals surface area contributed by atoms with Crippen LogP contribution in [0.15, 0.2) is 22.7 Å². The average molecular weight is 332 g/mol. The zero-order valence-electron chi connectivity index (χ0n) is 13.9. The molecular formula is C16H20N4O4. The number of aryl methyl sites for hydroxylation is 1. The molecule has 0 N–H and O–H groups in total. The number of aromatic nitrogens is 3. The van der Waals surface area contributed by atoms with Crippen LogP contribution in [-0.2, 0) is 4.74 Å². The van der Waals surface area contributed by atoms with E-state index in [1.165, 1.54) is 0 Å². The number of pyridine rings is 1. The first-order chi connectivity index (χ1) is 11.5. The third-order valence-electron chi connectivity index (χ3n) is 3.51. The van der Waals surface area contributed by atoms with Crippen LogP contribution in [-0.4, -0.2) is 51.8 Å². The molecule has 1 fully saturated rings. The Morgan fingerprint density at radius 3 is 2.96 bits per heavy atom. The molecule has 1 atom stereocenters. The van der Waals surface area contributed by atoms with Crippen LogP contribution in [0.3, 0.4) is 0 Å². The Hall–Kier alpha value is -2.48. The van der Waals surface area contributed by atoms with Crippen LogP contribution in [0.5, 0.6) is 5.88 Å². The summed E-state index contributed by atoms with van der Waals surface area (Å²) in [5, 5.41) is 7.78. The molecule has 1 unspecified atom stereocenters. The van der Waals surface area contributed by atoms with E-state index in [0.717, 1.165) is 0 Å². The monoisotopic (exact) mass is 332 g/mol. The van der Waals surface area contributed by atoms with Crippen molar-refractivity contribution in [2.45, 2.75) is 33.0 Å². The van der Waals surface area contributed by atoms with E-state index in [9.17, 15) is 4.79 Å². The Labute approximate surface area is 139 Å². The fourth-order valence-electron chi connectivity index (χ4n) is 2.46. The molecule has 2 aromatic heterocycles. The molecule has 0 aromatic carbocycles. The lowest BCUT2D eigenvalue weighted by Gasteiger charge is -2.31. The number of nitrogens with zero attached hydrogens (tertiary/aromatic N) is 4. The second-order valence-corrected chi connectivity index (χ2v) is 5.82. The standard InChI is InChI=1S/C16H20N4O4/c1-10(2)23-14-8-12(4-5-17-14)16(21)20-6-7-22-13(9-20)15-19-18-11(3)24-15/h4-5,8,10,13H,6-7,9H2,1-3H3. The summed E-state index contributed by atoms with van der Waals surface area (Å²) in [4.78, 5) is 18.6. The van der Waals surface area contributed by atoms with Gasteiger partial charge in [0.1, 0.15) is 0 Å². The number of morpholine rings is 1. The topological polar surface area (TPSA) is 90.6 Å². The maximum absolute atomic E-state index is 12.7. The molecule has 0 bridgehead atoms. The van der Waals surface area contributed by atoms with Gasteiger partial charge in [-0.05, 0) is 19.9 Å². The molecule has 8 nitrogen and oxygen atoms in total. The highest BCUT2D eigenvalue weighted by molar-refractivity contribution is 5.94. The zero-order chi connectivity index (χ0) is 17.1. The third-order valence-corrected chi connectivity index (χ3v) is 3.51. The minimum Gasteiger partial charge on any atom is -0.475 e. The molecule has 3 heterocycles. The summed E-state index contributed by atoms with van der Waals surface area (Å²) in [5.74, 6) is 1.20. The highest BCUT2D eigenvalue weighted by Gasteiger charge is 2.29. The Kier molecular flexibility index (Phi) is 4.75. The molecule has 1 aliphatic rings. The number of hydrogen-bond donors (Lipinski definition) is 0. The molecule has 1 aliphatic heterocycles. The van der Waals surface area contributed by atoms with E-state index in [2.05, 4.69) is 15.2 Å². The highest BCUT2D eigenvalue weighted by atomic mass is 16.5. The smallest absolute Gasteiger partial charge is 0.254 e. The molecule has 3 rings (SSSR count). The Balaban J connectivity index is 1.72. The fraction of sp³-hybridized carbons (Fsp3) is 0.500. The Morgan fingerprint density at radius 2 is 2.25 bits per heavy atom. The van der Waals surface area contributed by atoms with Gasteiger partial charge in [0.25, 0.3) is 5.91 Å². The van der Waals surface area contributed by atoms with Crippen molar-refractivity contribution in [1.29, 1.82) is 0 Å². The van der Waals surface area contributed by atoms with Gasteiger partial charge in [-0.2, -0.15) is 0 Å². The van der Waals surface area contributed by atoms with Gasteiger partial charge >= 0.3 is 0 Å². The van der Waals surface area contributed by atoms with Crippen LogP contribution in [0.2, 0.25) is 0 Å². The summed E-state index contributed by atoms with van der Waals surface area (Å²) in [7, 11) is 0. The van der Waals surface area contributed by atoms with Crippen LogP contribution in [0.4, 0.5) is 0 Å². The number of carbonyl (C=O) groups is 1. The molecule has 0 spiro atoms. The van der Waals surface area contributed by atoms with Gasteiger partial charge in [-0.15, -0.1) is 10.2 Å². The highest BCUT2D eigenvalue weighted by Crippen LogP contribution is 2.23. The number of hydrogen-bond acceptors (Lipinski definition) is 7. The minimum absolute atomic E-state index is 0.00335. The van der Waals surface area contributed by atoms with E-state index >= 15 is 0 Å². The van der Waals surface area contributed by atoms with Crippen molar-refractivity contribution < 1.29 is 18.7 Å². The van der Waals surface area contributed by atoms with Gasteiger partial charge in [0.05, 0.1) is 19.3 Å². The number of ether oxygens (including phenoxy) is 2. The summed E-state index contributed by atoms with van der Waals surface area (Å²) in [5.41, 5.74) is 0.531. The van der Waals surface area contributed by atoms with Crippen LogP contribution in [0, 0.1) is 6.92 Å². The van der Waals surface area contributed by atoms with Gasteiger partial charge in [0, 0.05) is 31.3 Å². The predicted octanol–water partition coefficient (Wildman–Crippen LogP) is 1.77. The SMILES string of the molecule is Cc1nnc(C2CN(C(=O)c3ccnc(OC(C)C)c3)CCO2)o1. The van der Waals surface area contributed by atoms with Crippen molar-refractivity contribution in [2.24, 2.45) is 0 Å². The van der Waals surface area contributed by atoms with Gasteiger partial charge < -0.3 is 18.8 Å². The number of carbonyl (C=O) groups excluding carboxylic acids is 1. The normalized spacial score (nSPS) is 18.0. The molecule has 1 amide bonds. The quantitative estimate of drug-likeness (QED) is 0.842. The summed E-state index contributed by atoms with van der Waals surface area (Å²) >= 11 is 0. The lowest BCUT2D eigenvalue weighted by Crippen LogP contribution is -2.42. The molecule has 8 heteroatoms. The van der Waals surface area contributed by atoms with Gasteiger partial charge in [0.15, 0.2) is 6.10 Å². The second kappa shape index (κ2) is 6.96. The lowest BCUT2D eigenvalue weighted by atomic mass is 10.2. The van der Waals surface area contributed by atoms with Crippen molar-refractivity contribution >= 4 is 5.91 Å².